The van der Waals surface area contributed by atoms with Crippen LogP contribution >= 0.6 is 0 Å². The monoisotopic (exact) mass is 319 g/mol. The van der Waals surface area contributed by atoms with Gasteiger partial charge in [-0.3, -0.25) is 9.59 Å². The first kappa shape index (κ1) is 19.0. The van der Waals surface area contributed by atoms with Gasteiger partial charge in [-0.15, -0.1) is 0 Å². The van der Waals surface area contributed by atoms with E-state index in [2.05, 4.69) is 12.2 Å². The van der Waals surface area contributed by atoms with Crippen molar-refractivity contribution >= 4 is 23.2 Å². The molecule has 0 saturated carbocycles. The molecule has 23 heavy (non-hydrogen) atoms. The molecule has 0 aliphatic carbocycles. The lowest BCUT2D eigenvalue weighted by molar-refractivity contribution is -0.116. The maximum Gasteiger partial charge on any atom is 0.256 e. The summed E-state index contributed by atoms with van der Waals surface area (Å²) in [4.78, 5) is 28.3. The Morgan fingerprint density at radius 1 is 1.09 bits per heavy atom. The molecule has 0 unspecified atom stereocenters. The molecule has 0 saturated heterocycles. The first-order valence-corrected chi connectivity index (χ1v) is 8.35. The predicted molar refractivity (Wildman–Crippen MR) is 96.2 cm³/mol. The smallest absolute Gasteiger partial charge is 0.256 e. The fraction of sp³-hybridized carbons (Fsp3) is 0.556. The van der Waals surface area contributed by atoms with Crippen molar-refractivity contribution < 1.29 is 9.59 Å². The minimum Gasteiger partial charge on any atom is -0.377 e. The highest BCUT2D eigenvalue weighted by Gasteiger charge is 2.18. The van der Waals surface area contributed by atoms with Gasteiger partial charge in [0.1, 0.15) is 0 Å². The molecule has 5 heteroatoms. The maximum atomic E-state index is 12.7. The van der Waals surface area contributed by atoms with Crippen LogP contribution in [0.4, 0.5) is 11.4 Å². The standard InChI is InChI=1S/C18H29N3O2/c1-6-9-10-17(22)19-14-11-12-16(20(4)5)15(13-14)18(23)21(7-2)8-3/h11-13H,6-10H2,1-5H3,(H,19,22). The van der Waals surface area contributed by atoms with Crippen molar-refractivity contribution in [3.8, 4) is 0 Å². The van der Waals surface area contributed by atoms with E-state index in [1.165, 1.54) is 0 Å². The van der Waals surface area contributed by atoms with E-state index in [4.69, 9.17) is 0 Å². The molecule has 0 atom stereocenters. The Kier molecular flexibility index (Phi) is 7.59. The van der Waals surface area contributed by atoms with Crippen LogP contribution in [0.25, 0.3) is 0 Å². The van der Waals surface area contributed by atoms with Gasteiger partial charge >= 0.3 is 0 Å². The van der Waals surface area contributed by atoms with E-state index < -0.39 is 0 Å². The van der Waals surface area contributed by atoms with E-state index in [9.17, 15) is 9.59 Å². The molecule has 0 radical (unpaired) electrons. The van der Waals surface area contributed by atoms with Gasteiger partial charge in [-0.1, -0.05) is 13.3 Å². The number of anilines is 2. The number of unbranched alkanes of at least 4 members (excludes halogenated alkanes) is 1. The van der Waals surface area contributed by atoms with Crippen LogP contribution in [0.5, 0.6) is 0 Å². The quantitative estimate of drug-likeness (QED) is 0.799. The zero-order valence-electron chi connectivity index (χ0n) is 15.0. The fourth-order valence-corrected chi connectivity index (χ4v) is 2.42. The summed E-state index contributed by atoms with van der Waals surface area (Å²) in [6, 6.07) is 5.50. The molecule has 2 amide bonds. The molecular formula is C18H29N3O2. The van der Waals surface area contributed by atoms with Crippen molar-refractivity contribution in [2.75, 3.05) is 37.4 Å². The highest BCUT2D eigenvalue weighted by atomic mass is 16.2. The third-order valence-electron chi connectivity index (χ3n) is 3.80. The normalized spacial score (nSPS) is 10.3. The van der Waals surface area contributed by atoms with E-state index >= 15 is 0 Å². The van der Waals surface area contributed by atoms with Crippen molar-refractivity contribution in [3.63, 3.8) is 0 Å². The number of nitrogens with zero attached hydrogens (tertiary/aromatic N) is 2. The number of rotatable bonds is 8. The van der Waals surface area contributed by atoms with Crippen LogP contribution in [-0.4, -0.2) is 43.9 Å². The summed E-state index contributed by atoms with van der Waals surface area (Å²) in [7, 11) is 3.82. The molecule has 1 aromatic carbocycles. The molecule has 1 N–H and O–H groups in total. The first-order valence-electron chi connectivity index (χ1n) is 8.35. The van der Waals surface area contributed by atoms with Gasteiger partial charge in [0.2, 0.25) is 5.91 Å². The molecule has 0 aliphatic heterocycles. The third-order valence-corrected chi connectivity index (χ3v) is 3.80. The number of hydrogen-bond acceptors (Lipinski definition) is 3. The molecule has 0 aliphatic rings. The maximum absolute atomic E-state index is 12.7. The summed E-state index contributed by atoms with van der Waals surface area (Å²) in [5, 5.41) is 2.88. The van der Waals surface area contributed by atoms with E-state index in [0.29, 0.717) is 30.8 Å². The van der Waals surface area contributed by atoms with Crippen LogP contribution < -0.4 is 10.2 Å². The van der Waals surface area contributed by atoms with Gasteiger partial charge in [-0.25, -0.2) is 0 Å². The second-order valence-corrected chi connectivity index (χ2v) is 5.76. The predicted octanol–water partition coefficient (Wildman–Crippen LogP) is 3.36. The van der Waals surface area contributed by atoms with Gasteiger partial charge in [0.05, 0.1) is 5.56 Å². The summed E-state index contributed by atoms with van der Waals surface area (Å²) in [5.74, 6) is -0.0194. The number of benzene rings is 1. The van der Waals surface area contributed by atoms with Crippen LogP contribution in [0.15, 0.2) is 18.2 Å². The van der Waals surface area contributed by atoms with Gasteiger partial charge in [-0.2, -0.15) is 0 Å². The van der Waals surface area contributed by atoms with Gasteiger partial charge in [0.15, 0.2) is 0 Å². The Hall–Kier alpha value is -2.04. The van der Waals surface area contributed by atoms with Crippen LogP contribution in [0.2, 0.25) is 0 Å². The Labute approximate surface area is 139 Å². The summed E-state index contributed by atoms with van der Waals surface area (Å²) < 4.78 is 0. The van der Waals surface area contributed by atoms with Crippen molar-refractivity contribution in [2.45, 2.75) is 40.0 Å². The molecule has 0 aromatic heterocycles. The Morgan fingerprint density at radius 3 is 2.26 bits per heavy atom. The van der Waals surface area contributed by atoms with Gasteiger partial charge in [0.25, 0.3) is 5.91 Å². The molecule has 1 rings (SSSR count). The summed E-state index contributed by atoms with van der Waals surface area (Å²) >= 11 is 0. The molecule has 0 heterocycles. The van der Waals surface area contributed by atoms with Gasteiger partial charge in [-0.05, 0) is 38.5 Å². The minimum absolute atomic E-state index is 0.00862. The highest BCUT2D eigenvalue weighted by Crippen LogP contribution is 2.24. The average Bonchev–Trinajstić information content (AvgIpc) is 2.53. The molecule has 0 fully saturated rings. The van der Waals surface area contributed by atoms with Crippen molar-refractivity contribution in [1.82, 2.24) is 4.90 Å². The molecule has 1 aromatic rings. The topological polar surface area (TPSA) is 52.7 Å². The van der Waals surface area contributed by atoms with E-state index in [1.807, 2.05) is 45.0 Å². The highest BCUT2D eigenvalue weighted by molar-refractivity contribution is 6.02. The van der Waals surface area contributed by atoms with Gasteiger partial charge in [0, 0.05) is 45.0 Å². The zero-order chi connectivity index (χ0) is 17.4. The minimum atomic E-state index is -0.0108. The van der Waals surface area contributed by atoms with Crippen LogP contribution in [0.3, 0.4) is 0 Å². The van der Waals surface area contributed by atoms with Crippen molar-refractivity contribution in [3.05, 3.63) is 23.8 Å². The van der Waals surface area contributed by atoms with Crippen molar-refractivity contribution in [1.29, 1.82) is 0 Å². The van der Waals surface area contributed by atoms with E-state index in [0.717, 1.165) is 18.5 Å². The molecule has 5 nitrogen and oxygen atoms in total. The molecule has 128 valence electrons. The Morgan fingerprint density at radius 2 is 1.74 bits per heavy atom. The lowest BCUT2D eigenvalue weighted by atomic mass is 10.1. The Balaban J connectivity index is 3.07. The fourth-order valence-electron chi connectivity index (χ4n) is 2.42. The number of hydrogen-bond donors (Lipinski definition) is 1. The van der Waals surface area contributed by atoms with Crippen molar-refractivity contribution in [2.24, 2.45) is 0 Å². The average molecular weight is 319 g/mol. The van der Waals surface area contributed by atoms with Crippen LogP contribution in [0, 0.1) is 0 Å². The molecule has 0 bridgehead atoms. The largest absolute Gasteiger partial charge is 0.377 e. The summed E-state index contributed by atoms with van der Waals surface area (Å²) in [6.45, 7) is 7.31. The van der Waals surface area contributed by atoms with Crippen LogP contribution in [0.1, 0.15) is 50.4 Å². The lowest BCUT2D eigenvalue weighted by Gasteiger charge is -2.23. The molecule has 0 spiro atoms. The van der Waals surface area contributed by atoms with Gasteiger partial charge < -0.3 is 15.1 Å². The summed E-state index contributed by atoms with van der Waals surface area (Å²) in [6.07, 6.45) is 2.36. The SMILES string of the molecule is CCCCC(=O)Nc1ccc(N(C)C)c(C(=O)N(CC)CC)c1. The number of carbonyl (C=O) groups is 2. The Bertz CT molecular complexity index is 537. The van der Waals surface area contributed by atoms with E-state index in [1.54, 1.807) is 11.0 Å². The number of carbonyl (C=O) groups excluding carboxylic acids is 2. The number of nitrogens with one attached hydrogen (secondary N) is 1. The molecular weight excluding hydrogens is 290 g/mol. The zero-order valence-corrected chi connectivity index (χ0v) is 15.0. The lowest BCUT2D eigenvalue weighted by Crippen LogP contribution is -2.31. The second kappa shape index (κ2) is 9.18. The second-order valence-electron chi connectivity index (χ2n) is 5.76. The van der Waals surface area contributed by atoms with E-state index in [-0.39, 0.29) is 11.8 Å². The first-order chi connectivity index (χ1) is 10.9. The van der Waals surface area contributed by atoms with Crippen LogP contribution in [-0.2, 0) is 4.79 Å². The number of amides is 2. The summed E-state index contributed by atoms with van der Waals surface area (Å²) in [5.41, 5.74) is 2.15. The third kappa shape index (κ3) is 5.27.